The number of anilines is 2. The summed E-state index contributed by atoms with van der Waals surface area (Å²) in [5.41, 5.74) is 2.17. The van der Waals surface area contributed by atoms with Crippen molar-refractivity contribution in [2.45, 2.75) is 38.1 Å². The van der Waals surface area contributed by atoms with Gasteiger partial charge in [-0.1, -0.05) is 49.1 Å². The summed E-state index contributed by atoms with van der Waals surface area (Å²) in [7, 11) is 0. The topological polar surface area (TPSA) is 66.9 Å². The van der Waals surface area contributed by atoms with Gasteiger partial charge >= 0.3 is 0 Å². The first kappa shape index (κ1) is 17.7. The second kappa shape index (κ2) is 8.31. The molecule has 2 N–H and O–H groups in total. The first-order valence-electron chi connectivity index (χ1n) is 7.53. The zero-order valence-electron chi connectivity index (χ0n) is 13.8. The van der Waals surface area contributed by atoms with E-state index in [0.717, 1.165) is 15.2 Å². The fourth-order valence-electron chi connectivity index (χ4n) is 1.75. The molecule has 1 atom stereocenters. The van der Waals surface area contributed by atoms with Crippen molar-refractivity contribution in [3.05, 3.63) is 29.8 Å². The number of nitrogens with zero attached hydrogens (tertiary/aromatic N) is 2. The van der Waals surface area contributed by atoms with Crippen molar-refractivity contribution in [1.29, 1.82) is 0 Å². The fourth-order valence-corrected chi connectivity index (χ4v) is 3.34. The monoisotopic (exact) mass is 350 g/mol. The zero-order chi connectivity index (χ0) is 16.8. The molecule has 7 heteroatoms. The van der Waals surface area contributed by atoms with Gasteiger partial charge in [0.1, 0.15) is 0 Å². The van der Waals surface area contributed by atoms with Gasteiger partial charge in [0.25, 0.3) is 0 Å². The van der Waals surface area contributed by atoms with E-state index in [4.69, 9.17) is 0 Å². The lowest BCUT2D eigenvalue weighted by atomic mass is 10.1. The highest BCUT2D eigenvalue weighted by Gasteiger charge is 2.12. The van der Waals surface area contributed by atoms with Gasteiger partial charge in [0.05, 0.1) is 5.75 Å². The molecule has 0 unspecified atom stereocenters. The molecule has 1 aromatic carbocycles. The van der Waals surface area contributed by atoms with E-state index in [1.54, 1.807) is 0 Å². The fraction of sp³-hybridized carbons (Fsp3) is 0.438. The van der Waals surface area contributed by atoms with Crippen molar-refractivity contribution < 1.29 is 4.79 Å². The molecule has 0 radical (unpaired) electrons. The molecule has 0 spiro atoms. The molecule has 0 aliphatic carbocycles. The van der Waals surface area contributed by atoms with Gasteiger partial charge in [-0.2, -0.15) is 0 Å². The first-order chi connectivity index (χ1) is 10.9. The van der Waals surface area contributed by atoms with Crippen LogP contribution in [0.1, 0.15) is 26.3 Å². The molecule has 5 nitrogen and oxygen atoms in total. The molecule has 0 bridgehead atoms. The lowest BCUT2D eigenvalue weighted by Crippen LogP contribution is -2.37. The van der Waals surface area contributed by atoms with Gasteiger partial charge in [-0.25, -0.2) is 0 Å². The predicted octanol–water partition coefficient (Wildman–Crippen LogP) is 3.84. The zero-order valence-corrected chi connectivity index (χ0v) is 15.4. The van der Waals surface area contributed by atoms with E-state index in [0.29, 0.717) is 11.7 Å². The summed E-state index contributed by atoms with van der Waals surface area (Å²) < 4.78 is 0.785. The van der Waals surface area contributed by atoms with Crippen LogP contribution in [-0.2, 0) is 4.79 Å². The van der Waals surface area contributed by atoms with Crippen molar-refractivity contribution in [3.63, 3.8) is 0 Å². The molecule has 0 saturated carbocycles. The molecule has 1 amide bonds. The third-order valence-electron chi connectivity index (χ3n) is 3.39. The number of carbonyl (C=O) groups excluding carboxylic acids is 1. The Balaban J connectivity index is 1.84. The van der Waals surface area contributed by atoms with E-state index in [1.807, 2.05) is 32.0 Å². The van der Waals surface area contributed by atoms with Gasteiger partial charge < -0.3 is 10.6 Å². The smallest absolute Gasteiger partial charge is 0.230 e. The number of amides is 1. The van der Waals surface area contributed by atoms with E-state index >= 15 is 0 Å². The number of thioether (sulfide) groups is 1. The quantitative estimate of drug-likeness (QED) is 0.743. The number of nitrogens with one attached hydrogen (secondary N) is 2. The number of benzene rings is 1. The number of rotatable bonds is 7. The van der Waals surface area contributed by atoms with Crippen LogP contribution < -0.4 is 10.6 Å². The molecular formula is C16H22N4OS2. The minimum Gasteiger partial charge on any atom is -0.353 e. The number of aromatic nitrogens is 2. The molecule has 0 saturated heterocycles. The molecule has 23 heavy (non-hydrogen) atoms. The van der Waals surface area contributed by atoms with Crippen molar-refractivity contribution >= 4 is 39.8 Å². The summed E-state index contributed by atoms with van der Waals surface area (Å²) in [6.07, 6.45) is 0. The molecule has 0 aliphatic rings. The lowest BCUT2D eigenvalue weighted by Gasteiger charge is -2.16. The van der Waals surface area contributed by atoms with Gasteiger partial charge in [-0.3, -0.25) is 4.79 Å². The minimum absolute atomic E-state index is 0.0274. The van der Waals surface area contributed by atoms with Gasteiger partial charge in [0, 0.05) is 11.7 Å². The highest BCUT2D eigenvalue weighted by atomic mass is 32.2. The summed E-state index contributed by atoms with van der Waals surface area (Å²) in [4.78, 5) is 11.9. The SMILES string of the molecule is Cc1cccc(Nc2nnc(SCC(=O)N[C@H](C)C(C)C)s2)c1. The summed E-state index contributed by atoms with van der Waals surface area (Å²) in [6, 6.07) is 8.26. The van der Waals surface area contributed by atoms with E-state index in [1.165, 1.54) is 28.7 Å². The Morgan fingerprint density at radius 2 is 2.09 bits per heavy atom. The Morgan fingerprint density at radius 1 is 1.30 bits per heavy atom. The highest BCUT2D eigenvalue weighted by Crippen LogP contribution is 2.27. The van der Waals surface area contributed by atoms with Crippen molar-refractivity contribution in [3.8, 4) is 0 Å². The van der Waals surface area contributed by atoms with Gasteiger partial charge in [0.2, 0.25) is 11.0 Å². The average Bonchev–Trinajstić information content (AvgIpc) is 2.92. The Bertz CT molecular complexity index is 657. The van der Waals surface area contributed by atoms with E-state index < -0.39 is 0 Å². The summed E-state index contributed by atoms with van der Waals surface area (Å²) >= 11 is 2.86. The van der Waals surface area contributed by atoms with Gasteiger partial charge in [0.15, 0.2) is 4.34 Å². The van der Waals surface area contributed by atoms with Gasteiger partial charge in [-0.15, -0.1) is 10.2 Å². The van der Waals surface area contributed by atoms with Crippen LogP contribution >= 0.6 is 23.1 Å². The third-order valence-corrected chi connectivity index (χ3v) is 5.36. The van der Waals surface area contributed by atoms with Crippen LogP contribution in [0.2, 0.25) is 0 Å². The molecular weight excluding hydrogens is 328 g/mol. The van der Waals surface area contributed by atoms with Crippen LogP contribution in [0, 0.1) is 12.8 Å². The maximum absolute atomic E-state index is 11.9. The van der Waals surface area contributed by atoms with Crippen LogP contribution in [0.25, 0.3) is 0 Å². The summed E-state index contributed by atoms with van der Waals surface area (Å²) in [5.74, 6) is 0.811. The second-order valence-corrected chi connectivity index (χ2v) is 7.96. The van der Waals surface area contributed by atoms with E-state index in [9.17, 15) is 4.79 Å². The minimum atomic E-state index is 0.0274. The number of hydrogen-bond donors (Lipinski definition) is 2. The Labute approximate surface area is 145 Å². The average molecular weight is 351 g/mol. The van der Waals surface area contributed by atoms with Crippen molar-refractivity contribution in [2.24, 2.45) is 5.92 Å². The lowest BCUT2D eigenvalue weighted by molar-refractivity contribution is -0.119. The van der Waals surface area contributed by atoms with Crippen LogP contribution in [0.15, 0.2) is 28.6 Å². The first-order valence-corrected chi connectivity index (χ1v) is 9.33. The molecule has 124 valence electrons. The molecule has 2 rings (SSSR count). The maximum Gasteiger partial charge on any atom is 0.230 e. The van der Waals surface area contributed by atoms with E-state index in [2.05, 4.69) is 40.7 Å². The highest BCUT2D eigenvalue weighted by molar-refractivity contribution is 8.01. The normalized spacial score (nSPS) is 12.2. The number of carbonyl (C=O) groups is 1. The largest absolute Gasteiger partial charge is 0.353 e. The molecule has 1 heterocycles. The molecule has 2 aromatic rings. The summed E-state index contributed by atoms with van der Waals surface area (Å²) in [5, 5.41) is 15.2. The standard InChI is InChI=1S/C16H22N4OS2/c1-10(2)12(4)17-14(21)9-22-16-20-19-15(23-16)18-13-7-5-6-11(3)8-13/h5-8,10,12H,9H2,1-4H3,(H,17,21)(H,18,19)/t12-/m1/s1. The van der Waals surface area contributed by atoms with Crippen molar-refractivity contribution in [1.82, 2.24) is 15.5 Å². The number of aryl methyl sites for hydroxylation is 1. The second-order valence-electron chi connectivity index (χ2n) is 5.76. The molecule has 1 aromatic heterocycles. The van der Waals surface area contributed by atoms with Crippen LogP contribution in [-0.4, -0.2) is 27.9 Å². The van der Waals surface area contributed by atoms with Gasteiger partial charge in [-0.05, 0) is 37.5 Å². The molecule has 0 fully saturated rings. The number of hydrogen-bond acceptors (Lipinski definition) is 6. The predicted molar refractivity (Wildman–Crippen MR) is 97.5 cm³/mol. The Kier molecular flexibility index (Phi) is 6.41. The maximum atomic E-state index is 11.9. The van der Waals surface area contributed by atoms with Crippen LogP contribution in [0.5, 0.6) is 0 Å². The summed E-state index contributed by atoms with van der Waals surface area (Å²) in [6.45, 7) is 8.24. The van der Waals surface area contributed by atoms with Crippen LogP contribution in [0.3, 0.4) is 0 Å². The van der Waals surface area contributed by atoms with E-state index in [-0.39, 0.29) is 11.9 Å². The molecule has 0 aliphatic heterocycles. The van der Waals surface area contributed by atoms with Crippen LogP contribution in [0.4, 0.5) is 10.8 Å². The van der Waals surface area contributed by atoms with Crippen molar-refractivity contribution in [2.75, 3.05) is 11.1 Å². The Hall–Kier alpha value is -1.60. The Morgan fingerprint density at radius 3 is 2.78 bits per heavy atom. The third kappa shape index (κ3) is 5.84.